The van der Waals surface area contributed by atoms with E-state index in [-0.39, 0.29) is 5.91 Å². The first-order valence-corrected chi connectivity index (χ1v) is 14.9. The Morgan fingerprint density at radius 2 is 1.93 bits per heavy atom. The summed E-state index contributed by atoms with van der Waals surface area (Å²) in [5.41, 5.74) is 6.71. The fourth-order valence-electron chi connectivity index (χ4n) is 5.65. The second kappa shape index (κ2) is 12.2. The summed E-state index contributed by atoms with van der Waals surface area (Å²) in [6.07, 6.45) is 9.59. The molecular weight excluding hydrogens is 512 g/mol. The van der Waals surface area contributed by atoms with Crippen LogP contribution in [0.3, 0.4) is 0 Å². The Balaban J connectivity index is 1.10. The van der Waals surface area contributed by atoms with Crippen LogP contribution in [0.2, 0.25) is 0 Å². The maximum atomic E-state index is 11.7. The summed E-state index contributed by atoms with van der Waals surface area (Å²) >= 11 is 0. The number of nitrogens with one attached hydrogen (secondary N) is 3. The molecule has 3 N–H and O–H groups in total. The highest BCUT2D eigenvalue weighted by atomic mass is 16.1. The molecule has 6 rings (SSSR count). The van der Waals surface area contributed by atoms with Crippen LogP contribution in [0.25, 0.3) is 44.5 Å². The van der Waals surface area contributed by atoms with Gasteiger partial charge in [-0.15, -0.1) is 10.2 Å². The number of hydrogen-bond acceptors (Lipinski definition) is 6. The second-order valence-corrected chi connectivity index (χ2v) is 11.1. The number of hydrogen-bond donors (Lipinski definition) is 3. The molecule has 1 unspecified atom stereocenters. The van der Waals surface area contributed by atoms with E-state index >= 15 is 0 Å². The van der Waals surface area contributed by atoms with Crippen molar-refractivity contribution in [2.45, 2.75) is 64.3 Å². The first-order chi connectivity index (χ1) is 20.1. The second-order valence-electron chi connectivity index (χ2n) is 11.1. The number of carbonyl (C=O) groups excluding carboxylic acids is 1. The normalized spacial score (nSPS) is 15.7. The van der Waals surface area contributed by atoms with E-state index in [4.69, 9.17) is 4.98 Å². The van der Waals surface area contributed by atoms with Crippen molar-refractivity contribution in [2.24, 2.45) is 0 Å². The van der Waals surface area contributed by atoms with Crippen LogP contribution in [0.5, 0.6) is 0 Å². The molecule has 9 nitrogen and oxygen atoms in total. The van der Waals surface area contributed by atoms with Crippen molar-refractivity contribution >= 4 is 27.8 Å². The van der Waals surface area contributed by atoms with E-state index in [1.807, 2.05) is 6.20 Å². The van der Waals surface area contributed by atoms with Gasteiger partial charge in [0.05, 0.1) is 40.2 Å². The van der Waals surface area contributed by atoms with Gasteiger partial charge in [-0.05, 0) is 70.0 Å². The van der Waals surface area contributed by atoms with Crippen molar-refractivity contribution in [1.29, 1.82) is 0 Å². The summed E-state index contributed by atoms with van der Waals surface area (Å²) in [6.45, 7) is 3.93. The molecule has 3 aromatic heterocycles. The molecule has 2 aromatic carbocycles. The first kappa shape index (κ1) is 27.1. The van der Waals surface area contributed by atoms with Gasteiger partial charge in [0.25, 0.3) is 0 Å². The van der Waals surface area contributed by atoms with E-state index in [0.29, 0.717) is 12.5 Å². The number of aromatic amines is 2. The zero-order valence-corrected chi connectivity index (χ0v) is 23.9. The van der Waals surface area contributed by atoms with Crippen LogP contribution in [0.15, 0.2) is 48.7 Å². The van der Waals surface area contributed by atoms with E-state index in [9.17, 15) is 4.79 Å². The third-order valence-electron chi connectivity index (χ3n) is 8.08. The highest BCUT2D eigenvalue weighted by Gasteiger charge is 2.25. The Morgan fingerprint density at radius 3 is 2.78 bits per heavy atom. The molecule has 1 fully saturated rings. The zero-order valence-electron chi connectivity index (χ0n) is 23.9. The Labute approximate surface area is 240 Å². The Morgan fingerprint density at radius 1 is 1.02 bits per heavy atom. The maximum Gasteiger partial charge on any atom is 0.219 e. The van der Waals surface area contributed by atoms with Gasteiger partial charge in [0.1, 0.15) is 11.6 Å². The predicted molar refractivity (Wildman–Crippen MR) is 162 cm³/mol. The Hall–Kier alpha value is -4.11. The number of rotatable bonds is 11. The molecule has 0 saturated carbocycles. The van der Waals surface area contributed by atoms with Crippen LogP contribution in [0.1, 0.15) is 69.6 Å². The minimum absolute atomic E-state index is 0.152. The van der Waals surface area contributed by atoms with Crippen molar-refractivity contribution in [2.75, 3.05) is 20.1 Å². The minimum atomic E-state index is 0.152. The molecule has 0 bridgehead atoms. The van der Waals surface area contributed by atoms with Gasteiger partial charge in [-0.2, -0.15) is 0 Å². The van der Waals surface area contributed by atoms with Gasteiger partial charge in [-0.25, -0.2) is 9.97 Å². The molecule has 4 heterocycles. The van der Waals surface area contributed by atoms with Gasteiger partial charge in [-0.3, -0.25) is 9.69 Å². The molecule has 1 aliphatic rings. The highest BCUT2D eigenvalue weighted by Crippen LogP contribution is 2.31. The number of aromatic nitrogens is 6. The van der Waals surface area contributed by atoms with Crippen LogP contribution in [0, 0.1) is 0 Å². The molecule has 0 radical (unpaired) electrons. The van der Waals surface area contributed by atoms with Crippen LogP contribution in [-0.4, -0.2) is 61.1 Å². The van der Waals surface area contributed by atoms with Crippen molar-refractivity contribution in [1.82, 2.24) is 40.3 Å². The summed E-state index contributed by atoms with van der Waals surface area (Å²) < 4.78 is 0. The summed E-state index contributed by atoms with van der Waals surface area (Å²) in [7, 11) is 2.17. The van der Waals surface area contributed by atoms with Crippen LogP contribution < -0.4 is 5.32 Å². The van der Waals surface area contributed by atoms with Crippen molar-refractivity contribution in [3.05, 3.63) is 60.3 Å². The van der Waals surface area contributed by atoms with Crippen LogP contribution in [-0.2, 0) is 11.2 Å². The number of benzene rings is 2. The monoisotopic (exact) mass is 550 g/mol. The number of unbranched alkanes of at least 4 members (excludes halogenated alkanes) is 2. The standard InChI is InChI=1S/C32H38N8O/c1-3-4-10-31(41)33-15-6-5-9-30-34-20-28(35-30)23-12-11-21-17-25(38-39-26(21)18-23)22-13-14-24-27(19-22)37-32(36-24)29-8-7-16-40(29)2/h11-14,17-20,29H,3-10,15-16H2,1-2H3,(H,33,41)(H,34,35)(H,36,37). The number of H-pyrrole nitrogens is 2. The topological polar surface area (TPSA) is 115 Å². The number of imidazole rings is 2. The number of likely N-dealkylation sites (tertiary alicyclic amines) is 1. The number of carbonyl (C=O) groups is 1. The average molecular weight is 551 g/mol. The summed E-state index contributed by atoms with van der Waals surface area (Å²) in [5, 5.41) is 13.2. The molecule has 1 aliphatic heterocycles. The lowest BCUT2D eigenvalue weighted by Gasteiger charge is -2.16. The lowest BCUT2D eigenvalue weighted by Crippen LogP contribution is -2.24. The molecule has 1 amide bonds. The van der Waals surface area contributed by atoms with E-state index < -0.39 is 0 Å². The zero-order chi connectivity index (χ0) is 28.2. The number of fused-ring (bicyclic) bond motifs is 2. The van der Waals surface area contributed by atoms with E-state index in [2.05, 4.69) is 91.8 Å². The molecule has 5 aromatic rings. The number of amides is 1. The largest absolute Gasteiger partial charge is 0.356 e. The molecule has 0 aliphatic carbocycles. The van der Waals surface area contributed by atoms with Crippen molar-refractivity contribution < 1.29 is 4.79 Å². The van der Waals surface area contributed by atoms with Gasteiger partial charge < -0.3 is 15.3 Å². The lowest BCUT2D eigenvalue weighted by molar-refractivity contribution is -0.121. The fourth-order valence-corrected chi connectivity index (χ4v) is 5.65. The van der Waals surface area contributed by atoms with Gasteiger partial charge in [0.15, 0.2) is 0 Å². The van der Waals surface area contributed by atoms with E-state index in [1.165, 1.54) is 6.42 Å². The Kier molecular flexibility index (Phi) is 8.04. The van der Waals surface area contributed by atoms with Crippen molar-refractivity contribution in [3.8, 4) is 22.5 Å². The van der Waals surface area contributed by atoms with Gasteiger partial charge >= 0.3 is 0 Å². The molecule has 1 saturated heterocycles. The Bertz CT molecular complexity index is 1650. The first-order valence-electron chi connectivity index (χ1n) is 14.9. The quantitative estimate of drug-likeness (QED) is 0.175. The van der Waals surface area contributed by atoms with Gasteiger partial charge in [0.2, 0.25) is 5.91 Å². The molecule has 9 heteroatoms. The molecule has 212 valence electrons. The number of nitrogens with zero attached hydrogens (tertiary/aromatic N) is 5. The van der Waals surface area contributed by atoms with Gasteiger partial charge in [-0.1, -0.05) is 31.5 Å². The molecule has 41 heavy (non-hydrogen) atoms. The summed E-state index contributed by atoms with van der Waals surface area (Å²) in [5.74, 6) is 2.15. The van der Waals surface area contributed by atoms with E-state index in [0.717, 1.165) is 108 Å². The predicted octanol–water partition coefficient (Wildman–Crippen LogP) is 5.96. The SMILES string of the molecule is CCCCC(=O)NCCCCc1ncc(-c2ccc3cc(-c4ccc5nc(C6CCCN6C)[nH]c5c4)nnc3c2)[nH]1. The van der Waals surface area contributed by atoms with Gasteiger partial charge in [0, 0.05) is 35.9 Å². The lowest BCUT2D eigenvalue weighted by atomic mass is 10.1. The smallest absolute Gasteiger partial charge is 0.219 e. The third-order valence-corrected chi connectivity index (χ3v) is 8.08. The van der Waals surface area contributed by atoms with Crippen LogP contribution in [0.4, 0.5) is 0 Å². The average Bonchev–Trinajstić information content (AvgIpc) is 3.74. The molecule has 0 spiro atoms. The number of aryl methyl sites for hydroxylation is 1. The summed E-state index contributed by atoms with van der Waals surface area (Å²) in [6, 6.07) is 15.0. The maximum absolute atomic E-state index is 11.7. The highest BCUT2D eigenvalue weighted by molar-refractivity contribution is 5.87. The van der Waals surface area contributed by atoms with Crippen LogP contribution >= 0.6 is 0 Å². The van der Waals surface area contributed by atoms with Crippen molar-refractivity contribution in [3.63, 3.8) is 0 Å². The third kappa shape index (κ3) is 6.15. The minimum Gasteiger partial charge on any atom is -0.356 e. The van der Waals surface area contributed by atoms with E-state index in [1.54, 1.807) is 0 Å². The molecule has 1 atom stereocenters. The molecular formula is C32H38N8O. The summed E-state index contributed by atoms with van der Waals surface area (Å²) in [4.78, 5) is 30.5. The fraction of sp³-hybridized carbons (Fsp3) is 0.406.